The molecule has 5 heteroatoms. The number of amides is 1. The quantitative estimate of drug-likeness (QED) is 0.728. The highest BCUT2D eigenvalue weighted by molar-refractivity contribution is 5.77. The Hall–Kier alpha value is -1.59. The minimum absolute atomic E-state index is 0.0205. The van der Waals surface area contributed by atoms with Crippen molar-refractivity contribution in [2.75, 3.05) is 33.3 Å². The van der Waals surface area contributed by atoms with Crippen LogP contribution in [0, 0.1) is 20.8 Å². The second-order valence-corrected chi connectivity index (χ2v) is 6.17. The number of rotatable bonds is 9. The average Bonchev–Trinajstić information content (AvgIpc) is 2.48. The highest BCUT2D eigenvalue weighted by Crippen LogP contribution is 2.25. The van der Waals surface area contributed by atoms with Crippen LogP contribution >= 0.6 is 0 Å². The van der Waals surface area contributed by atoms with E-state index in [9.17, 15) is 9.90 Å². The molecule has 1 rings (SSSR count). The standard InChI is InChI=1S/C18H30N2O3/c1-6-9-19-17(22)11-20(5)10-16(21)12-23-18-14(3)8-7-13(2)15(18)4/h7-8,16,21H,6,9-12H2,1-5H3,(H,19,22)/t16-/m1/s1. The zero-order valence-electron chi connectivity index (χ0n) is 15.0. The van der Waals surface area contributed by atoms with E-state index < -0.39 is 6.10 Å². The summed E-state index contributed by atoms with van der Waals surface area (Å²) in [5.41, 5.74) is 3.34. The summed E-state index contributed by atoms with van der Waals surface area (Å²) in [5.74, 6) is 0.820. The Morgan fingerprint density at radius 1 is 1.30 bits per heavy atom. The van der Waals surface area contributed by atoms with Crippen LogP contribution in [0.25, 0.3) is 0 Å². The van der Waals surface area contributed by atoms with E-state index in [1.807, 2.05) is 40.8 Å². The fourth-order valence-corrected chi connectivity index (χ4v) is 2.37. The molecule has 23 heavy (non-hydrogen) atoms. The molecule has 0 radical (unpaired) electrons. The Morgan fingerprint density at radius 2 is 1.96 bits per heavy atom. The number of carbonyl (C=O) groups is 1. The van der Waals surface area contributed by atoms with Gasteiger partial charge in [-0.2, -0.15) is 0 Å². The van der Waals surface area contributed by atoms with Gasteiger partial charge in [0, 0.05) is 13.1 Å². The van der Waals surface area contributed by atoms with Crippen molar-refractivity contribution >= 4 is 5.91 Å². The summed E-state index contributed by atoms with van der Waals surface area (Å²) in [4.78, 5) is 13.4. The smallest absolute Gasteiger partial charge is 0.234 e. The molecule has 0 aliphatic carbocycles. The Kier molecular flexibility index (Phi) is 8.06. The number of nitrogens with one attached hydrogen (secondary N) is 1. The van der Waals surface area contributed by atoms with Gasteiger partial charge in [0.25, 0.3) is 0 Å². The number of hydrogen-bond donors (Lipinski definition) is 2. The molecule has 0 saturated heterocycles. The van der Waals surface area contributed by atoms with E-state index >= 15 is 0 Å². The second kappa shape index (κ2) is 9.53. The molecule has 0 heterocycles. The van der Waals surface area contributed by atoms with Crippen LogP contribution in [0.2, 0.25) is 0 Å². The van der Waals surface area contributed by atoms with E-state index in [4.69, 9.17) is 4.74 Å². The number of likely N-dealkylation sites (N-methyl/N-ethyl adjacent to an activating group) is 1. The van der Waals surface area contributed by atoms with Crippen molar-refractivity contribution in [3.8, 4) is 5.75 Å². The van der Waals surface area contributed by atoms with Gasteiger partial charge in [-0.25, -0.2) is 0 Å². The van der Waals surface area contributed by atoms with Gasteiger partial charge in [0.15, 0.2) is 0 Å². The van der Waals surface area contributed by atoms with E-state index in [0.29, 0.717) is 13.1 Å². The van der Waals surface area contributed by atoms with Crippen molar-refractivity contribution < 1.29 is 14.6 Å². The molecule has 2 N–H and O–H groups in total. The third-order valence-electron chi connectivity index (χ3n) is 3.80. The first-order valence-corrected chi connectivity index (χ1v) is 8.18. The number of hydrogen-bond acceptors (Lipinski definition) is 4. The highest BCUT2D eigenvalue weighted by Gasteiger charge is 2.14. The summed E-state index contributed by atoms with van der Waals surface area (Å²) in [6.07, 6.45) is 0.277. The van der Waals surface area contributed by atoms with Crippen LogP contribution in [0.1, 0.15) is 30.0 Å². The first kappa shape index (κ1) is 19.5. The molecule has 0 saturated carbocycles. The molecular formula is C18H30N2O3. The maximum absolute atomic E-state index is 11.6. The molecule has 130 valence electrons. The molecule has 5 nitrogen and oxygen atoms in total. The van der Waals surface area contributed by atoms with Gasteiger partial charge in [0.2, 0.25) is 5.91 Å². The lowest BCUT2D eigenvalue weighted by atomic mass is 10.1. The van der Waals surface area contributed by atoms with Gasteiger partial charge in [0.05, 0.1) is 6.54 Å². The van der Waals surface area contributed by atoms with Gasteiger partial charge in [-0.1, -0.05) is 19.1 Å². The summed E-state index contributed by atoms with van der Waals surface area (Å²) in [5, 5.41) is 12.9. The topological polar surface area (TPSA) is 61.8 Å². The molecule has 1 aromatic carbocycles. The van der Waals surface area contributed by atoms with E-state index in [1.54, 1.807) is 4.90 Å². The molecule has 0 aliphatic heterocycles. The van der Waals surface area contributed by atoms with E-state index in [2.05, 4.69) is 11.4 Å². The SMILES string of the molecule is CCCNC(=O)CN(C)C[C@@H](O)COc1c(C)ccc(C)c1C. The Balaban J connectivity index is 2.44. The minimum atomic E-state index is -0.640. The third-order valence-corrected chi connectivity index (χ3v) is 3.80. The maximum atomic E-state index is 11.6. The van der Waals surface area contributed by atoms with Gasteiger partial charge < -0.3 is 15.2 Å². The van der Waals surface area contributed by atoms with Crippen molar-refractivity contribution in [2.45, 2.75) is 40.2 Å². The molecule has 1 amide bonds. The average molecular weight is 322 g/mol. The van der Waals surface area contributed by atoms with Crippen LogP contribution in [0.4, 0.5) is 0 Å². The number of aryl methyl sites for hydroxylation is 2. The molecule has 0 fully saturated rings. The molecule has 0 aliphatic rings. The van der Waals surface area contributed by atoms with E-state index in [1.165, 1.54) is 5.56 Å². The van der Waals surface area contributed by atoms with E-state index in [0.717, 1.165) is 23.3 Å². The van der Waals surface area contributed by atoms with Gasteiger partial charge in [-0.05, 0) is 50.9 Å². The van der Waals surface area contributed by atoms with Crippen molar-refractivity contribution in [1.82, 2.24) is 10.2 Å². The van der Waals surface area contributed by atoms with Gasteiger partial charge >= 0.3 is 0 Å². The predicted octanol–water partition coefficient (Wildman–Crippen LogP) is 1.81. The summed E-state index contributed by atoms with van der Waals surface area (Å²) < 4.78 is 5.80. The molecule has 0 unspecified atom stereocenters. The van der Waals surface area contributed by atoms with Crippen molar-refractivity contribution in [3.05, 3.63) is 28.8 Å². The zero-order valence-corrected chi connectivity index (χ0v) is 15.0. The normalized spacial score (nSPS) is 12.3. The Morgan fingerprint density at radius 3 is 2.61 bits per heavy atom. The number of aliphatic hydroxyl groups excluding tert-OH is 1. The monoisotopic (exact) mass is 322 g/mol. The lowest BCUT2D eigenvalue weighted by molar-refractivity contribution is -0.122. The minimum Gasteiger partial charge on any atom is -0.490 e. The number of ether oxygens (including phenoxy) is 1. The fourth-order valence-electron chi connectivity index (χ4n) is 2.37. The largest absolute Gasteiger partial charge is 0.490 e. The number of carbonyl (C=O) groups excluding carboxylic acids is 1. The fraction of sp³-hybridized carbons (Fsp3) is 0.611. The second-order valence-electron chi connectivity index (χ2n) is 6.17. The van der Waals surface area contributed by atoms with Crippen LogP contribution in [0.3, 0.4) is 0 Å². The van der Waals surface area contributed by atoms with Crippen LogP contribution in [0.5, 0.6) is 5.75 Å². The number of nitrogens with zero attached hydrogens (tertiary/aromatic N) is 1. The summed E-state index contributed by atoms with van der Waals surface area (Å²) in [6, 6.07) is 4.09. The van der Waals surface area contributed by atoms with Crippen molar-refractivity contribution in [2.24, 2.45) is 0 Å². The predicted molar refractivity (Wildman–Crippen MR) is 93.0 cm³/mol. The van der Waals surface area contributed by atoms with Crippen molar-refractivity contribution in [1.29, 1.82) is 0 Å². The molecule has 1 atom stereocenters. The zero-order chi connectivity index (χ0) is 17.4. The first-order chi connectivity index (χ1) is 10.8. The van der Waals surface area contributed by atoms with Crippen LogP contribution in [-0.4, -0.2) is 55.3 Å². The molecule has 0 spiro atoms. The van der Waals surface area contributed by atoms with Gasteiger partial charge in [0.1, 0.15) is 18.5 Å². The van der Waals surface area contributed by atoms with Gasteiger partial charge in [-0.15, -0.1) is 0 Å². The van der Waals surface area contributed by atoms with Crippen LogP contribution in [-0.2, 0) is 4.79 Å². The number of aliphatic hydroxyl groups is 1. The van der Waals surface area contributed by atoms with E-state index in [-0.39, 0.29) is 19.1 Å². The molecule has 0 aromatic heterocycles. The first-order valence-electron chi connectivity index (χ1n) is 8.18. The summed E-state index contributed by atoms with van der Waals surface area (Å²) in [6.45, 7) is 9.65. The molecule has 0 bridgehead atoms. The third kappa shape index (κ3) is 6.59. The summed E-state index contributed by atoms with van der Waals surface area (Å²) >= 11 is 0. The van der Waals surface area contributed by atoms with Crippen LogP contribution < -0.4 is 10.1 Å². The van der Waals surface area contributed by atoms with Crippen molar-refractivity contribution in [3.63, 3.8) is 0 Å². The highest BCUT2D eigenvalue weighted by atomic mass is 16.5. The maximum Gasteiger partial charge on any atom is 0.234 e. The summed E-state index contributed by atoms with van der Waals surface area (Å²) in [7, 11) is 1.82. The molecule has 1 aromatic rings. The lowest BCUT2D eigenvalue weighted by Gasteiger charge is -2.21. The lowest BCUT2D eigenvalue weighted by Crippen LogP contribution is -2.40. The molecular weight excluding hydrogens is 292 g/mol. The number of benzene rings is 1. The Labute approximate surface area is 139 Å². The Bertz CT molecular complexity index is 517. The van der Waals surface area contributed by atoms with Gasteiger partial charge in [-0.3, -0.25) is 9.69 Å². The van der Waals surface area contributed by atoms with Crippen LogP contribution in [0.15, 0.2) is 12.1 Å².